The maximum atomic E-state index is 13.4. The van der Waals surface area contributed by atoms with Crippen molar-refractivity contribution in [2.45, 2.75) is 31.8 Å². The van der Waals surface area contributed by atoms with E-state index in [1.165, 1.54) is 7.11 Å². The maximum Gasteiger partial charge on any atom is 0.328 e. The largest absolute Gasteiger partial charge is 0.467 e. The van der Waals surface area contributed by atoms with Crippen molar-refractivity contribution in [2.24, 2.45) is 0 Å². The van der Waals surface area contributed by atoms with Gasteiger partial charge in [-0.25, -0.2) is 9.78 Å². The highest BCUT2D eigenvalue weighted by atomic mass is 16.5. The lowest BCUT2D eigenvalue weighted by molar-refractivity contribution is -0.154. The summed E-state index contributed by atoms with van der Waals surface area (Å²) in [6.45, 7) is 0.407. The number of nitrogens with zero attached hydrogens (tertiary/aromatic N) is 3. The first-order valence-corrected chi connectivity index (χ1v) is 11.1. The van der Waals surface area contributed by atoms with Crippen LogP contribution >= 0.6 is 0 Å². The number of hydrogen-bond donors (Lipinski definition) is 0. The highest BCUT2D eigenvalue weighted by Gasteiger charge is 2.35. The maximum absolute atomic E-state index is 13.4. The van der Waals surface area contributed by atoms with Gasteiger partial charge in [0.1, 0.15) is 11.9 Å². The van der Waals surface area contributed by atoms with E-state index >= 15 is 0 Å². The van der Waals surface area contributed by atoms with Gasteiger partial charge in [0.25, 0.3) is 0 Å². The van der Waals surface area contributed by atoms with Crippen LogP contribution in [-0.2, 0) is 33.7 Å². The van der Waals surface area contributed by atoms with Gasteiger partial charge < -0.3 is 9.64 Å². The number of imidazole rings is 1. The molecule has 1 aliphatic heterocycles. The van der Waals surface area contributed by atoms with Gasteiger partial charge in [0.15, 0.2) is 0 Å². The van der Waals surface area contributed by atoms with Crippen LogP contribution in [0.15, 0.2) is 78.9 Å². The monoisotopic (exact) mass is 439 g/mol. The van der Waals surface area contributed by atoms with Crippen molar-refractivity contribution in [2.75, 3.05) is 7.11 Å². The number of rotatable bonds is 5. The lowest BCUT2D eigenvalue weighted by atomic mass is 9.93. The molecule has 1 aromatic heterocycles. The van der Waals surface area contributed by atoms with E-state index in [2.05, 4.69) is 4.57 Å². The Labute approximate surface area is 192 Å². The van der Waals surface area contributed by atoms with E-state index in [1.807, 2.05) is 78.9 Å². The van der Waals surface area contributed by atoms with E-state index < -0.39 is 6.04 Å². The second kappa shape index (κ2) is 8.90. The molecule has 0 bridgehead atoms. The van der Waals surface area contributed by atoms with E-state index in [0.29, 0.717) is 19.4 Å². The van der Waals surface area contributed by atoms with Gasteiger partial charge in [-0.15, -0.1) is 0 Å². The van der Waals surface area contributed by atoms with E-state index in [9.17, 15) is 9.59 Å². The molecule has 33 heavy (non-hydrogen) atoms. The Morgan fingerprint density at radius 3 is 2.42 bits per heavy atom. The Morgan fingerprint density at radius 2 is 1.64 bits per heavy atom. The van der Waals surface area contributed by atoms with E-state index in [1.54, 1.807) is 4.90 Å². The summed E-state index contributed by atoms with van der Waals surface area (Å²) in [6.07, 6.45) is 1.19. The topological polar surface area (TPSA) is 64.4 Å². The zero-order chi connectivity index (χ0) is 22.8. The van der Waals surface area contributed by atoms with Crippen molar-refractivity contribution in [3.8, 4) is 5.69 Å². The van der Waals surface area contributed by atoms with Crippen LogP contribution in [0.4, 0.5) is 0 Å². The number of carbonyl (C=O) groups excluding carboxylic acids is 2. The Bertz CT molecular complexity index is 1310. The van der Waals surface area contributed by atoms with Crippen molar-refractivity contribution in [3.63, 3.8) is 0 Å². The lowest BCUT2D eigenvalue weighted by Gasteiger charge is -2.35. The molecule has 6 nitrogen and oxygen atoms in total. The molecule has 6 heteroatoms. The molecule has 0 saturated heterocycles. The zero-order valence-electron chi connectivity index (χ0n) is 18.5. The second-order valence-corrected chi connectivity index (χ2v) is 8.22. The van der Waals surface area contributed by atoms with Gasteiger partial charge in [0, 0.05) is 31.5 Å². The fraction of sp³-hybridized carbons (Fsp3) is 0.222. The first-order chi connectivity index (χ1) is 16.2. The summed E-state index contributed by atoms with van der Waals surface area (Å²) in [4.78, 5) is 32.3. The molecule has 1 amide bonds. The standard InChI is InChI=1S/C27H25N3O3/c1-33-27(32)24-17-19-9-5-6-10-20(19)18-29(24)26(31)16-15-25-28-22-13-7-8-14-23(22)30(25)21-11-3-2-4-12-21/h2-14,24H,15-18H2,1H3. The summed E-state index contributed by atoms with van der Waals surface area (Å²) in [5, 5.41) is 0. The average molecular weight is 440 g/mol. The van der Waals surface area contributed by atoms with Crippen LogP contribution in [0.25, 0.3) is 16.7 Å². The van der Waals surface area contributed by atoms with Crippen LogP contribution < -0.4 is 0 Å². The number of carbonyl (C=O) groups is 2. The third-order valence-corrected chi connectivity index (χ3v) is 6.25. The molecule has 3 aromatic carbocycles. The predicted octanol–water partition coefficient (Wildman–Crippen LogP) is 4.08. The molecule has 2 heterocycles. The van der Waals surface area contributed by atoms with Crippen LogP contribution in [0.2, 0.25) is 0 Å². The van der Waals surface area contributed by atoms with E-state index in [0.717, 1.165) is 33.7 Å². The summed E-state index contributed by atoms with van der Waals surface area (Å²) in [6, 6.07) is 25.3. The van der Waals surface area contributed by atoms with Crippen LogP contribution in [0.3, 0.4) is 0 Å². The summed E-state index contributed by atoms with van der Waals surface area (Å²) >= 11 is 0. The molecular formula is C27H25N3O3. The number of fused-ring (bicyclic) bond motifs is 2. The molecule has 166 valence electrons. The molecule has 4 aromatic rings. The van der Waals surface area contributed by atoms with Gasteiger partial charge in [-0.2, -0.15) is 0 Å². The van der Waals surface area contributed by atoms with Crippen LogP contribution in [0, 0.1) is 0 Å². The summed E-state index contributed by atoms with van der Waals surface area (Å²) in [5.74, 6) is 0.365. The molecule has 0 aliphatic carbocycles. The predicted molar refractivity (Wildman–Crippen MR) is 126 cm³/mol. The molecule has 0 saturated carbocycles. The third-order valence-electron chi connectivity index (χ3n) is 6.25. The Balaban J connectivity index is 1.42. The number of ether oxygens (including phenoxy) is 1. The van der Waals surface area contributed by atoms with Gasteiger partial charge in [0.2, 0.25) is 5.91 Å². The number of esters is 1. The normalized spacial score (nSPS) is 15.3. The fourth-order valence-electron chi connectivity index (χ4n) is 4.60. The van der Waals surface area contributed by atoms with Crippen LogP contribution in [0.5, 0.6) is 0 Å². The highest BCUT2D eigenvalue weighted by molar-refractivity contribution is 5.86. The minimum Gasteiger partial charge on any atom is -0.467 e. The Morgan fingerprint density at radius 1 is 0.939 bits per heavy atom. The van der Waals surface area contributed by atoms with Gasteiger partial charge in [-0.1, -0.05) is 54.6 Å². The number of amides is 1. The average Bonchev–Trinajstić information content (AvgIpc) is 3.25. The van der Waals surface area contributed by atoms with E-state index in [-0.39, 0.29) is 18.3 Å². The quantitative estimate of drug-likeness (QED) is 0.440. The SMILES string of the molecule is COC(=O)C1Cc2ccccc2CN1C(=O)CCc1nc2ccccc2n1-c1ccccc1. The summed E-state index contributed by atoms with van der Waals surface area (Å²) < 4.78 is 7.12. The molecule has 5 rings (SSSR count). The minimum atomic E-state index is -0.606. The number of para-hydroxylation sites is 3. The van der Waals surface area contributed by atoms with Crippen molar-refractivity contribution in [3.05, 3.63) is 95.8 Å². The second-order valence-electron chi connectivity index (χ2n) is 8.22. The van der Waals surface area contributed by atoms with Crippen molar-refractivity contribution in [1.29, 1.82) is 0 Å². The highest BCUT2D eigenvalue weighted by Crippen LogP contribution is 2.26. The number of methoxy groups -OCH3 is 1. The third kappa shape index (κ3) is 4.00. The first kappa shape index (κ1) is 20.9. The molecule has 0 radical (unpaired) electrons. The Hall–Kier alpha value is -3.93. The Kier molecular flexibility index (Phi) is 5.65. The van der Waals surface area contributed by atoms with Gasteiger partial charge >= 0.3 is 5.97 Å². The zero-order valence-corrected chi connectivity index (χ0v) is 18.5. The van der Waals surface area contributed by atoms with Crippen molar-refractivity contribution >= 4 is 22.9 Å². The van der Waals surface area contributed by atoms with E-state index in [4.69, 9.17) is 9.72 Å². The number of benzene rings is 3. The van der Waals surface area contributed by atoms with Crippen LogP contribution in [-0.4, -0.2) is 39.5 Å². The molecular weight excluding hydrogens is 414 g/mol. The minimum absolute atomic E-state index is 0.0772. The molecule has 1 unspecified atom stereocenters. The lowest BCUT2D eigenvalue weighted by Crippen LogP contribution is -2.49. The summed E-state index contributed by atoms with van der Waals surface area (Å²) in [7, 11) is 1.37. The van der Waals surface area contributed by atoms with Crippen LogP contribution in [0.1, 0.15) is 23.4 Å². The molecule has 1 aliphatic rings. The smallest absolute Gasteiger partial charge is 0.328 e. The number of hydrogen-bond acceptors (Lipinski definition) is 4. The molecule has 0 N–H and O–H groups in total. The number of aryl methyl sites for hydroxylation is 1. The molecule has 0 spiro atoms. The number of aromatic nitrogens is 2. The van der Waals surface area contributed by atoms with Crippen molar-refractivity contribution < 1.29 is 14.3 Å². The van der Waals surface area contributed by atoms with Gasteiger partial charge in [-0.05, 0) is 35.4 Å². The fourth-order valence-corrected chi connectivity index (χ4v) is 4.60. The van der Waals surface area contributed by atoms with Crippen molar-refractivity contribution in [1.82, 2.24) is 14.5 Å². The molecule has 1 atom stereocenters. The van der Waals surface area contributed by atoms with Gasteiger partial charge in [-0.3, -0.25) is 9.36 Å². The first-order valence-electron chi connectivity index (χ1n) is 11.1. The molecule has 0 fully saturated rings. The van der Waals surface area contributed by atoms with Gasteiger partial charge in [0.05, 0.1) is 18.1 Å². The summed E-state index contributed by atoms with van der Waals surface area (Å²) in [5.41, 5.74) is 5.06.